The average molecular weight is 465 g/mol. The SMILES string of the molecule is Cc1ccc(Cl)cc1NC(=O)Cn1c(C(C)C)nc2c(c1=O)CCN(Cc1ccccc1)C2. The highest BCUT2D eigenvalue weighted by molar-refractivity contribution is 6.31. The molecule has 2 aromatic carbocycles. The average Bonchev–Trinajstić information content (AvgIpc) is 2.78. The van der Waals surface area contributed by atoms with Crippen LogP contribution in [0.5, 0.6) is 0 Å². The van der Waals surface area contributed by atoms with Crippen LogP contribution >= 0.6 is 11.6 Å². The number of carbonyl (C=O) groups is 1. The molecule has 3 aromatic rings. The summed E-state index contributed by atoms with van der Waals surface area (Å²) in [6, 6.07) is 15.7. The second-order valence-corrected chi connectivity index (χ2v) is 9.33. The van der Waals surface area contributed by atoms with Crippen molar-refractivity contribution < 1.29 is 4.79 Å². The maximum absolute atomic E-state index is 13.4. The predicted octanol–water partition coefficient (Wildman–Crippen LogP) is 4.53. The Morgan fingerprint density at radius 2 is 1.94 bits per heavy atom. The summed E-state index contributed by atoms with van der Waals surface area (Å²) in [7, 11) is 0. The summed E-state index contributed by atoms with van der Waals surface area (Å²) in [5.74, 6) is 0.374. The molecule has 1 aliphatic heterocycles. The number of aryl methyl sites for hydroxylation is 1. The van der Waals surface area contributed by atoms with E-state index in [1.807, 2.05) is 45.0 Å². The monoisotopic (exact) mass is 464 g/mol. The van der Waals surface area contributed by atoms with Crippen LogP contribution in [0.15, 0.2) is 53.3 Å². The Kier molecular flexibility index (Phi) is 6.96. The molecule has 0 bridgehead atoms. The lowest BCUT2D eigenvalue weighted by atomic mass is 10.0. The van der Waals surface area contributed by atoms with E-state index in [1.54, 1.807) is 12.1 Å². The van der Waals surface area contributed by atoms with Crippen molar-refractivity contribution in [3.63, 3.8) is 0 Å². The largest absolute Gasteiger partial charge is 0.324 e. The fourth-order valence-corrected chi connectivity index (χ4v) is 4.40. The first-order valence-electron chi connectivity index (χ1n) is 11.3. The van der Waals surface area contributed by atoms with Crippen LogP contribution in [0, 0.1) is 6.92 Å². The standard InChI is InChI=1S/C26H29ClN4O2/c1-17(2)25-29-23-15-30(14-19-7-5-4-6-8-19)12-11-21(23)26(33)31(25)16-24(32)28-22-13-20(27)10-9-18(22)3/h4-10,13,17H,11-12,14-16H2,1-3H3,(H,28,32). The smallest absolute Gasteiger partial charge is 0.257 e. The van der Waals surface area contributed by atoms with Gasteiger partial charge in [-0.1, -0.05) is 61.8 Å². The summed E-state index contributed by atoms with van der Waals surface area (Å²) in [5, 5.41) is 3.44. The first-order valence-corrected chi connectivity index (χ1v) is 11.6. The lowest BCUT2D eigenvalue weighted by Crippen LogP contribution is -2.40. The number of amides is 1. The summed E-state index contributed by atoms with van der Waals surface area (Å²) < 4.78 is 1.53. The second kappa shape index (κ2) is 9.89. The van der Waals surface area contributed by atoms with Gasteiger partial charge in [0, 0.05) is 41.8 Å². The quantitative estimate of drug-likeness (QED) is 0.582. The number of benzene rings is 2. The molecule has 0 unspecified atom stereocenters. The number of nitrogens with one attached hydrogen (secondary N) is 1. The molecule has 2 heterocycles. The number of aromatic nitrogens is 2. The second-order valence-electron chi connectivity index (χ2n) is 8.89. The van der Waals surface area contributed by atoms with Gasteiger partial charge in [0.15, 0.2) is 0 Å². The van der Waals surface area contributed by atoms with E-state index in [9.17, 15) is 9.59 Å². The van der Waals surface area contributed by atoms with Gasteiger partial charge < -0.3 is 5.32 Å². The van der Waals surface area contributed by atoms with Crippen molar-refractivity contribution in [2.24, 2.45) is 0 Å². The zero-order valence-corrected chi connectivity index (χ0v) is 20.0. The van der Waals surface area contributed by atoms with Gasteiger partial charge in [-0.15, -0.1) is 0 Å². The highest BCUT2D eigenvalue weighted by Crippen LogP contribution is 2.22. The Balaban J connectivity index is 1.58. The number of hydrogen-bond donors (Lipinski definition) is 1. The molecule has 6 nitrogen and oxygen atoms in total. The summed E-state index contributed by atoms with van der Waals surface area (Å²) in [6.45, 7) is 8.05. The number of halogens is 1. The predicted molar refractivity (Wildman–Crippen MR) is 132 cm³/mol. The van der Waals surface area contributed by atoms with E-state index in [2.05, 4.69) is 22.3 Å². The molecule has 172 valence electrons. The van der Waals surface area contributed by atoms with Crippen molar-refractivity contribution >= 4 is 23.2 Å². The van der Waals surface area contributed by atoms with Crippen LogP contribution in [0.1, 0.15) is 48.0 Å². The topological polar surface area (TPSA) is 67.2 Å². The number of rotatable bonds is 6. The lowest BCUT2D eigenvalue weighted by Gasteiger charge is -2.29. The summed E-state index contributed by atoms with van der Waals surface area (Å²) in [4.78, 5) is 33.5. The minimum absolute atomic E-state index is 0.00760. The molecule has 0 saturated heterocycles. The van der Waals surface area contributed by atoms with Crippen LogP contribution < -0.4 is 10.9 Å². The van der Waals surface area contributed by atoms with E-state index in [0.29, 0.717) is 29.5 Å². The summed E-state index contributed by atoms with van der Waals surface area (Å²) in [6.07, 6.45) is 0.626. The minimum Gasteiger partial charge on any atom is -0.324 e. The molecular weight excluding hydrogens is 436 g/mol. The van der Waals surface area contributed by atoms with Crippen molar-refractivity contribution in [3.05, 3.63) is 92.1 Å². The zero-order valence-electron chi connectivity index (χ0n) is 19.3. The van der Waals surface area contributed by atoms with E-state index >= 15 is 0 Å². The third-order valence-corrected chi connectivity index (χ3v) is 6.21. The van der Waals surface area contributed by atoms with Crippen molar-refractivity contribution in [2.45, 2.75) is 52.7 Å². The molecule has 33 heavy (non-hydrogen) atoms. The number of carbonyl (C=O) groups excluding carboxylic acids is 1. The molecule has 7 heteroatoms. The summed E-state index contributed by atoms with van der Waals surface area (Å²) >= 11 is 6.07. The van der Waals surface area contributed by atoms with Crippen LogP contribution in [0.3, 0.4) is 0 Å². The van der Waals surface area contributed by atoms with Gasteiger partial charge in [-0.05, 0) is 36.6 Å². The van der Waals surface area contributed by atoms with Crippen LogP contribution in [-0.4, -0.2) is 26.9 Å². The van der Waals surface area contributed by atoms with Crippen molar-refractivity contribution in [2.75, 3.05) is 11.9 Å². The number of fused-ring (bicyclic) bond motifs is 1. The number of anilines is 1. The molecule has 4 rings (SSSR count). The molecular formula is C26H29ClN4O2. The maximum Gasteiger partial charge on any atom is 0.257 e. The van der Waals surface area contributed by atoms with E-state index in [0.717, 1.165) is 29.9 Å². The number of hydrogen-bond acceptors (Lipinski definition) is 4. The Labute approximate surface area is 199 Å². The van der Waals surface area contributed by atoms with Crippen LogP contribution in [0.2, 0.25) is 5.02 Å². The van der Waals surface area contributed by atoms with Gasteiger partial charge in [-0.25, -0.2) is 4.98 Å². The van der Waals surface area contributed by atoms with Gasteiger partial charge in [0.05, 0.1) is 5.69 Å². The van der Waals surface area contributed by atoms with E-state index < -0.39 is 0 Å². The van der Waals surface area contributed by atoms with Crippen LogP contribution in [-0.2, 0) is 30.8 Å². The number of nitrogens with zero attached hydrogens (tertiary/aromatic N) is 3. The zero-order chi connectivity index (χ0) is 23.5. The van der Waals surface area contributed by atoms with Crippen LogP contribution in [0.4, 0.5) is 5.69 Å². The van der Waals surface area contributed by atoms with Gasteiger partial charge in [0.2, 0.25) is 5.91 Å². The Hall–Kier alpha value is -2.96. The minimum atomic E-state index is -0.271. The van der Waals surface area contributed by atoms with Gasteiger partial charge in [0.1, 0.15) is 12.4 Å². The summed E-state index contributed by atoms with van der Waals surface area (Å²) in [5.41, 5.74) is 4.23. The highest BCUT2D eigenvalue weighted by atomic mass is 35.5. The van der Waals surface area contributed by atoms with Crippen molar-refractivity contribution in [1.29, 1.82) is 0 Å². The molecule has 1 amide bonds. The van der Waals surface area contributed by atoms with E-state index in [-0.39, 0.29) is 23.9 Å². The molecule has 0 atom stereocenters. The van der Waals surface area contributed by atoms with E-state index in [1.165, 1.54) is 10.1 Å². The molecule has 0 radical (unpaired) electrons. The highest BCUT2D eigenvalue weighted by Gasteiger charge is 2.25. The lowest BCUT2D eigenvalue weighted by molar-refractivity contribution is -0.116. The van der Waals surface area contributed by atoms with Gasteiger partial charge in [-0.2, -0.15) is 0 Å². The first kappa shape index (κ1) is 23.2. The fraction of sp³-hybridized carbons (Fsp3) is 0.346. The van der Waals surface area contributed by atoms with Crippen molar-refractivity contribution in [1.82, 2.24) is 14.5 Å². The third-order valence-electron chi connectivity index (χ3n) is 5.97. The van der Waals surface area contributed by atoms with Crippen molar-refractivity contribution in [3.8, 4) is 0 Å². The van der Waals surface area contributed by atoms with Gasteiger partial charge in [-0.3, -0.25) is 19.1 Å². The maximum atomic E-state index is 13.4. The Morgan fingerprint density at radius 1 is 1.18 bits per heavy atom. The van der Waals surface area contributed by atoms with Gasteiger partial charge in [0.25, 0.3) is 5.56 Å². The van der Waals surface area contributed by atoms with Crippen LogP contribution in [0.25, 0.3) is 0 Å². The molecule has 1 aliphatic rings. The normalized spacial score (nSPS) is 13.7. The molecule has 0 spiro atoms. The fourth-order valence-electron chi connectivity index (χ4n) is 4.23. The first-order chi connectivity index (χ1) is 15.8. The van der Waals surface area contributed by atoms with Gasteiger partial charge >= 0.3 is 0 Å². The molecule has 0 saturated carbocycles. The van der Waals surface area contributed by atoms with E-state index in [4.69, 9.17) is 16.6 Å². The molecule has 0 aliphatic carbocycles. The molecule has 1 N–H and O–H groups in total. The molecule has 0 fully saturated rings. The molecule has 1 aromatic heterocycles. The Bertz CT molecular complexity index is 1220. The Morgan fingerprint density at radius 3 is 2.67 bits per heavy atom. The third kappa shape index (κ3) is 5.34.